The highest BCUT2D eigenvalue weighted by atomic mass is 79.9. The number of hydrogen-bond donors (Lipinski definition) is 1. The van der Waals surface area contributed by atoms with Crippen LogP contribution in [0, 0.1) is 6.92 Å². The molecule has 2 heteroatoms. The summed E-state index contributed by atoms with van der Waals surface area (Å²) in [7, 11) is 0. The van der Waals surface area contributed by atoms with E-state index in [0.29, 0.717) is 0 Å². The van der Waals surface area contributed by atoms with Crippen LogP contribution in [0.4, 0.5) is 0 Å². The molecule has 1 heterocycles. The Kier molecular flexibility index (Phi) is 2.46. The lowest BCUT2D eigenvalue weighted by atomic mass is 10.1. The summed E-state index contributed by atoms with van der Waals surface area (Å²) in [4.78, 5) is 3.26. The number of aromatic amines is 1. The van der Waals surface area contributed by atoms with Gasteiger partial charge < -0.3 is 4.98 Å². The summed E-state index contributed by atoms with van der Waals surface area (Å²) < 4.78 is 1.15. The summed E-state index contributed by atoms with van der Waals surface area (Å²) in [5, 5.41) is 1.30. The molecule has 0 bridgehead atoms. The van der Waals surface area contributed by atoms with Crippen LogP contribution in [0.15, 0.2) is 35.5 Å². The lowest BCUT2D eigenvalue weighted by Gasteiger charge is -1.99. The summed E-state index contributed by atoms with van der Waals surface area (Å²) in [6.45, 7) is 5.86. The first-order valence-electron chi connectivity index (χ1n) is 4.59. The van der Waals surface area contributed by atoms with Gasteiger partial charge in [-0.25, -0.2) is 0 Å². The van der Waals surface area contributed by atoms with Gasteiger partial charge >= 0.3 is 0 Å². The second-order valence-electron chi connectivity index (χ2n) is 3.45. The molecule has 2 rings (SSSR count). The van der Waals surface area contributed by atoms with Gasteiger partial charge in [-0.15, -0.1) is 6.58 Å². The molecule has 0 amide bonds. The van der Waals surface area contributed by atoms with Gasteiger partial charge in [0.1, 0.15) is 0 Å². The molecule has 0 saturated carbocycles. The fraction of sp³-hybridized carbons (Fsp3) is 0.167. The van der Waals surface area contributed by atoms with Crippen molar-refractivity contribution >= 4 is 26.8 Å². The van der Waals surface area contributed by atoms with Crippen molar-refractivity contribution in [2.45, 2.75) is 13.3 Å². The van der Waals surface area contributed by atoms with Crippen molar-refractivity contribution in [1.82, 2.24) is 4.98 Å². The van der Waals surface area contributed by atoms with E-state index in [4.69, 9.17) is 0 Å². The van der Waals surface area contributed by atoms with Crippen LogP contribution in [-0.4, -0.2) is 4.98 Å². The third-order valence-corrected chi connectivity index (χ3v) is 3.27. The van der Waals surface area contributed by atoms with Crippen molar-refractivity contribution in [2.75, 3.05) is 0 Å². The first-order chi connectivity index (χ1) is 6.72. The van der Waals surface area contributed by atoms with Gasteiger partial charge in [0.05, 0.1) is 0 Å². The quantitative estimate of drug-likeness (QED) is 0.776. The molecule has 1 aromatic heterocycles. The van der Waals surface area contributed by atoms with Gasteiger partial charge in [-0.1, -0.05) is 22.0 Å². The fourth-order valence-electron chi connectivity index (χ4n) is 1.63. The molecule has 72 valence electrons. The van der Waals surface area contributed by atoms with E-state index in [9.17, 15) is 0 Å². The highest BCUT2D eigenvalue weighted by Gasteiger charge is 2.04. The Morgan fingerprint density at radius 3 is 3.00 bits per heavy atom. The zero-order valence-electron chi connectivity index (χ0n) is 8.10. The number of nitrogens with one attached hydrogen (secondary N) is 1. The second-order valence-corrected chi connectivity index (χ2v) is 4.31. The molecule has 1 aromatic carbocycles. The van der Waals surface area contributed by atoms with Crippen LogP contribution >= 0.6 is 15.9 Å². The number of H-pyrrole nitrogens is 1. The monoisotopic (exact) mass is 249 g/mol. The van der Waals surface area contributed by atoms with E-state index in [1.54, 1.807) is 0 Å². The largest absolute Gasteiger partial charge is 0.361 e. The van der Waals surface area contributed by atoms with Gasteiger partial charge in [0.2, 0.25) is 0 Å². The summed E-state index contributed by atoms with van der Waals surface area (Å²) in [6.07, 6.45) is 4.90. The smallest absolute Gasteiger partial charge is 0.0468 e. The van der Waals surface area contributed by atoms with E-state index in [1.807, 2.05) is 6.08 Å². The van der Waals surface area contributed by atoms with E-state index in [0.717, 1.165) is 10.9 Å². The van der Waals surface area contributed by atoms with Crippen LogP contribution in [0.25, 0.3) is 10.9 Å². The van der Waals surface area contributed by atoms with Gasteiger partial charge in [0.25, 0.3) is 0 Å². The van der Waals surface area contributed by atoms with Crippen molar-refractivity contribution in [3.05, 3.63) is 46.6 Å². The molecule has 0 aliphatic heterocycles. The first kappa shape index (κ1) is 9.53. The zero-order valence-corrected chi connectivity index (χ0v) is 9.69. The van der Waals surface area contributed by atoms with E-state index in [-0.39, 0.29) is 0 Å². The summed E-state index contributed by atoms with van der Waals surface area (Å²) in [5.74, 6) is 0. The molecule has 0 spiro atoms. The highest BCUT2D eigenvalue weighted by Crippen LogP contribution is 2.26. The Morgan fingerprint density at radius 1 is 1.50 bits per heavy atom. The van der Waals surface area contributed by atoms with Crippen LogP contribution in [0.1, 0.15) is 11.1 Å². The Balaban J connectivity index is 2.67. The molecule has 0 saturated heterocycles. The fourth-order valence-corrected chi connectivity index (χ4v) is 1.98. The lowest BCUT2D eigenvalue weighted by Crippen LogP contribution is -1.79. The molecule has 0 unspecified atom stereocenters. The molecule has 0 radical (unpaired) electrons. The van der Waals surface area contributed by atoms with Crippen molar-refractivity contribution in [3.63, 3.8) is 0 Å². The number of halogens is 1. The standard InChI is InChI=1S/C12H12BrN/c1-3-4-9-7-14-12-6-11(13)8(2)5-10(9)12/h3,5-7,14H,1,4H2,2H3. The van der Waals surface area contributed by atoms with Crippen molar-refractivity contribution in [3.8, 4) is 0 Å². The maximum absolute atomic E-state index is 3.76. The number of aryl methyl sites for hydroxylation is 1. The predicted molar refractivity (Wildman–Crippen MR) is 64.6 cm³/mol. The van der Waals surface area contributed by atoms with Crippen LogP contribution in [0.2, 0.25) is 0 Å². The third-order valence-electron chi connectivity index (χ3n) is 2.41. The van der Waals surface area contributed by atoms with Crippen LogP contribution in [0.5, 0.6) is 0 Å². The molecule has 0 fully saturated rings. The number of aromatic nitrogens is 1. The van der Waals surface area contributed by atoms with E-state index in [1.165, 1.54) is 22.0 Å². The number of benzene rings is 1. The number of hydrogen-bond acceptors (Lipinski definition) is 0. The minimum absolute atomic E-state index is 0.918. The van der Waals surface area contributed by atoms with Crippen LogP contribution in [0.3, 0.4) is 0 Å². The molecular formula is C12H12BrN. The number of allylic oxidation sites excluding steroid dienone is 1. The molecule has 0 aliphatic rings. The average Bonchev–Trinajstić information content (AvgIpc) is 2.51. The van der Waals surface area contributed by atoms with Crippen molar-refractivity contribution in [1.29, 1.82) is 0 Å². The van der Waals surface area contributed by atoms with E-state index >= 15 is 0 Å². The van der Waals surface area contributed by atoms with Gasteiger partial charge in [-0.2, -0.15) is 0 Å². The van der Waals surface area contributed by atoms with Crippen LogP contribution in [-0.2, 0) is 6.42 Å². The van der Waals surface area contributed by atoms with E-state index in [2.05, 4.69) is 52.7 Å². The Morgan fingerprint density at radius 2 is 2.29 bits per heavy atom. The normalized spacial score (nSPS) is 10.7. The lowest BCUT2D eigenvalue weighted by molar-refractivity contribution is 1.29. The second kappa shape index (κ2) is 3.62. The molecule has 0 atom stereocenters. The minimum atomic E-state index is 0.918. The van der Waals surface area contributed by atoms with Crippen molar-refractivity contribution < 1.29 is 0 Å². The Hall–Kier alpha value is -1.02. The first-order valence-corrected chi connectivity index (χ1v) is 5.38. The maximum Gasteiger partial charge on any atom is 0.0468 e. The molecule has 1 N–H and O–H groups in total. The average molecular weight is 250 g/mol. The summed E-state index contributed by atoms with van der Waals surface area (Å²) in [5.41, 5.74) is 3.76. The third kappa shape index (κ3) is 1.50. The zero-order chi connectivity index (χ0) is 10.1. The van der Waals surface area contributed by atoms with Crippen molar-refractivity contribution in [2.24, 2.45) is 0 Å². The maximum atomic E-state index is 3.76. The SMILES string of the molecule is C=CCc1c[nH]c2cc(Br)c(C)cc12. The van der Waals surface area contributed by atoms with Gasteiger partial charge in [0.15, 0.2) is 0 Å². The van der Waals surface area contributed by atoms with Crippen LogP contribution < -0.4 is 0 Å². The van der Waals surface area contributed by atoms with Gasteiger partial charge in [-0.3, -0.25) is 0 Å². The Bertz CT molecular complexity index is 482. The van der Waals surface area contributed by atoms with E-state index < -0.39 is 0 Å². The minimum Gasteiger partial charge on any atom is -0.361 e. The molecule has 0 aliphatic carbocycles. The predicted octanol–water partition coefficient (Wildman–Crippen LogP) is 3.97. The molecule has 1 nitrogen and oxygen atoms in total. The highest BCUT2D eigenvalue weighted by molar-refractivity contribution is 9.10. The molecule has 14 heavy (non-hydrogen) atoms. The number of rotatable bonds is 2. The molecular weight excluding hydrogens is 238 g/mol. The van der Waals surface area contributed by atoms with Gasteiger partial charge in [0, 0.05) is 21.6 Å². The Labute approximate surface area is 92.0 Å². The van der Waals surface area contributed by atoms with Gasteiger partial charge in [-0.05, 0) is 36.6 Å². The topological polar surface area (TPSA) is 15.8 Å². The number of fused-ring (bicyclic) bond motifs is 1. The summed E-state index contributed by atoms with van der Waals surface area (Å²) >= 11 is 3.52. The molecule has 2 aromatic rings. The summed E-state index contributed by atoms with van der Waals surface area (Å²) in [6, 6.07) is 4.33.